The van der Waals surface area contributed by atoms with Crippen LogP contribution < -0.4 is 19.5 Å². The van der Waals surface area contributed by atoms with Gasteiger partial charge in [0.05, 0.1) is 0 Å². The molecule has 1 heterocycles. The van der Waals surface area contributed by atoms with E-state index in [0.717, 1.165) is 11.3 Å². The van der Waals surface area contributed by atoms with Crippen LogP contribution in [0.15, 0.2) is 42.5 Å². The van der Waals surface area contributed by atoms with Gasteiger partial charge in [-0.15, -0.1) is 0 Å². The van der Waals surface area contributed by atoms with Crippen LogP contribution in [0.3, 0.4) is 0 Å². The Morgan fingerprint density at radius 2 is 1.96 bits per heavy atom. The number of amides is 1. The first-order chi connectivity index (χ1) is 11.1. The van der Waals surface area contributed by atoms with E-state index in [1.807, 2.05) is 18.2 Å². The smallest absolute Gasteiger partial charge is 0.261 e. The molecule has 0 fully saturated rings. The van der Waals surface area contributed by atoms with Crippen molar-refractivity contribution in [1.29, 1.82) is 0 Å². The molecule has 1 aliphatic rings. The third-order valence-corrected chi connectivity index (χ3v) is 3.65. The average molecular weight is 334 g/mol. The quantitative estimate of drug-likeness (QED) is 0.913. The summed E-state index contributed by atoms with van der Waals surface area (Å²) < 4.78 is 16.1. The summed E-state index contributed by atoms with van der Waals surface area (Å²) in [7, 11) is 0. The Morgan fingerprint density at radius 1 is 1.22 bits per heavy atom. The highest BCUT2D eigenvalue weighted by atomic mass is 35.5. The number of nitrogens with one attached hydrogen (secondary N) is 1. The molecule has 1 atom stereocenters. The third kappa shape index (κ3) is 3.87. The average Bonchev–Trinajstić information content (AvgIpc) is 3.02. The number of hydrogen-bond acceptors (Lipinski definition) is 4. The zero-order valence-electron chi connectivity index (χ0n) is 12.5. The van der Waals surface area contributed by atoms with Crippen LogP contribution in [0.4, 0.5) is 0 Å². The van der Waals surface area contributed by atoms with Crippen LogP contribution in [-0.4, -0.2) is 18.8 Å². The monoisotopic (exact) mass is 333 g/mol. The molecule has 0 saturated heterocycles. The molecular formula is C17H16ClNO4. The molecule has 0 unspecified atom stereocenters. The molecule has 1 aliphatic heterocycles. The predicted octanol–water partition coefficient (Wildman–Crippen LogP) is 3.15. The van der Waals surface area contributed by atoms with Crippen LogP contribution in [0, 0.1) is 0 Å². The van der Waals surface area contributed by atoms with E-state index in [1.165, 1.54) is 0 Å². The Bertz CT molecular complexity index is 702. The van der Waals surface area contributed by atoms with Crippen molar-refractivity contribution in [2.45, 2.75) is 19.6 Å². The van der Waals surface area contributed by atoms with Crippen molar-refractivity contribution in [3.05, 3.63) is 53.1 Å². The van der Waals surface area contributed by atoms with Crippen LogP contribution in [0.5, 0.6) is 17.2 Å². The maximum absolute atomic E-state index is 12.1. The van der Waals surface area contributed by atoms with Gasteiger partial charge < -0.3 is 19.5 Å². The minimum absolute atomic E-state index is 0.197. The van der Waals surface area contributed by atoms with Crippen molar-refractivity contribution in [2.24, 2.45) is 0 Å². The number of carbonyl (C=O) groups is 1. The van der Waals surface area contributed by atoms with E-state index in [2.05, 4.69) is 5.32 Å². The molecule has 1 N–H and O–H groups in total. The lowest BCUT2D eigenvalue weighted by atomic mass is 10.2. The molecule has 0 aromatic heterocycles. The molecule has 2 aromatic carbocycles. The van der Waals surface area contributed by atoms with E-state index >= 15 is 0 Å². The predicted molar refractivity (Wildman–Crippen MR) is 86.0 cm³/mol. The fraction of sp³-hybridized carbons (Fsp3) is 0.235. The minimum atomic E-state index is -0.606. The Morgan fingerprint density at radius 3 is 2.74 bits per heavy atom. The normalized spacial score (nSPS) is 13.5. The molecule has 3 rings (SSSR count). The van der Waals surface area contributed by atoms with E-state index in [-0.39, 0.29) is 12.7 Å². The number of ether oxygens (including phenoxy) is 3. The van der Waals surface area contributed by atoms with Crippen LogP contribution in [0.1, 0.15) is 12.5 Å². The van der Waals surface area contributed by atoms with Gasteiger partial charge in [-0.3, -0.25) is 4.79 Å². The summed E-state index contributed by atoms with van der Waals surface area (Å²) in [5.41, 5.74) is 0.932. The summed E-state index contributed by atoms with van der Waals surface area (Å²) in [6.45, 7) is 2.32. The van der Waals surface area contributed by atoms with Crippen molar-refractivity contribution in [2.75, 3.05) is 6.79 Å². The highest BCUT2D eigenvalue weighted by Gasteiger charge is 2.16. The molecule has 1 amide bonds. The van der Waals surface area contributed by atoms with E-state index in [9.17, 15) is 4.79 Å². The molecule has 6 heteroatoms. The number of hydrogen-bond donors (Lipinski definition) is 1. The standard InChI is InChI=1S/C17H16ClNO4/c1-11(23-14-5-3-13(18)4-6-14)17(20)19-9-12-2-7-15-16(8-12)22-10-21-15/h2-8,11H,9-10H2,1H3,(H,19,20)/t11-/m0/s1. The van der Waals surface area contributed by atoms with Crippen LogP contribution in [-0.2, 0) is 11.3 Å². The fourth-order valence-electron chi connectivity index (χ4n) is 2.15. The largest absolute Gasteiger partial charge is 0.481 e. The second-order valence-corrected chi connectivity index (χ2v) is 5.56. The maximum Gasteiger partial charge on any atom is 0.261 e. The second-order valence-electron chi connectivity index (χ2n) is 5.12. The van der Waals surface area contributed by atoms with Crippen LogP contribution in [0.2, 0.25) is 5.02 Å². The van der Waals surface area contributed by atoms with E-state index in [1.54, 1.807) is 31.2 Å². The third-order valence-electron chi connectivity index (χ3n) is 3.40. The lowest BCUT2D eigenvalue weighted by Gasteiger charge is -2.15. The molecule has 0 aliphatic carbocycles. The fourth-order valence-corrected chi connectivity index (χ4v) is 2.28. The van der Waals surface area contributed by atoms with Crippen LogP contribution in [0.25, 0.3) is 0 Å². The van der Waals surface area contributed by atoms with Gasteiger partial charge in [-0.25, -0.2) is 0 Å². The van der Waals surface area contributed by atoms with Crippen molar-refractivity contribution < 1.29 is 19.0 Å². The van der Waals surface area contributed by atoms with Gasteiger partial charge in [0.1, 0.15) is 5.75 Å². The number of benzene rings is 2. The maximum atomic E-state index is 12.1. The highest BCUT2D eigenvalue weighted by molar-refractivity contribution is 6.30. The summed E-state index contributed by atoms with van der Waals surface area (Å²) in [5, 5.41) is 3.46. The van der Waals surface area contributed by atoms with E-state index in [4.69, 9.17) is 25.8 Å². The van der Waals surface area contributed by atoms with Gasteiger partial charge in [-0.2, -0.15) is 0 Å². The molecule has 0 saturated carbocycles. The number of fused-ring (bicyclic) bond motifs is 1. The van der Waals surface area contributed by atoms with Gasteiger partial charge in [-0.05, 0) is 48.9 Å². The van der Waals surface area contributed by atoms with E-state index < -0.39 is 6.10 Å². The van der Waals surface area contributed by atoms with Crippen molar-refractivity contribution in [1.82, 2.24) is 5.32 Å². The summed E-state index contributed by atoms with van der Waals surface area (Å²) in [6, 6.07) is 12.5. The van der Waals surface area contributed by atoms with Crippen molar-refractivity contribution in [3.8, 4) is 17.2 Å². The lowest BCUT2D eigenvalue weighted by Crippen LogP contribution is -2.35. The molecule has 2 aromatic rings. The summed E-state index contributed by atoms with van der Waals surface area (Å²) in [5.74, 6) is 1.82. The van der Waals surface area contributed by atoms with Gasteiger partial charge in [0.15, 0.2) is 17.6 Å². The van der Waals surface area contributed by atoms with Gasteiger partial charge in [-0.1, -0.05) is 17.7 Å². The second kappa shape index (κ2) is 6.79. The summed E-state index contributed by atoms with van der Waals surface area (Å²) in [6.07, 6.45) is -0.606. The summed E-state index contributed by atoms with van der Waals surface area (Å²) >= 11 is 5.81. The SMILES string of the molecule is C[C@H](Oc1ccc(Cl)cc1)C(=O)NCc1ccc2c(c1)OCO2. The number of rotatable bonds is 5. The Labute approximate surface area is 139 Å². The Hall–Kier alpha value is -2.40. The molecular weight excluding hydrogens is 318 g/mol. The number of halogens is 1. The first kappa shape index (κ1) is 15.5. The van der Waals surface area contributed by atoms with Crippen LogP contribution >= 0.6 is 11.6 Å². The Balaban J connectivity index is 1.53. The molecule has 23 heavy (non-hydrogen) atoms. The van der Waals surface area contributed by atoms with Gasteiger partial charge >= 0.3 is 0 Å². The molecule has 0 spiro atoms. The van der Waals surface area contributed by atoms with Gasteiger partial charge in [0.25, 0.3) is 5.91 Å². The zero-order valence-corrected chi connectivity index (χ0v) is 13.3. The summed E-state index contributed by atoms with van der Waals surface area (Å²) in [4.78, 5) is 12.1. The van der Waals surface area contributed by atoms with Gasteiger partial charge in [0.2, 0.25) is 6.79 Å². The molecule has 0 bridgehead atoms. The topological polar surface area (TPSA) is 56.8 Å². The highest BCUT2D eigenvalue weighted by Crippen LogP contribution is 2.32. The van der Waals surface area contributed by atoms with Crippen molar-refractivity contribution >= 4 is 17.5 Å². The molecule has 5 nitrogen and oxygen atoms in total. The minimum Gasteiger partial charge on any atom is -0.481 e. The number of carbonyl (C=O) groups excluding carboxylic acids is 1. The molecule has 120 valence electrons. The lowest BCUT2D eigenvalue weighted by molar-refractivity contribution is -0.127. The zero-order chi connectivity index (χ0) is 16.2. The first-order valence-electron chi connectivity index (χ1n) is 7.20. The molecule has 0 radical (unpaired) electrons. The Kier molecular flexibility index (Phi) is 4.57. The first-order valence-corrected chi connectivity index (χ1v) is 7.58. The van der Waals surface area contributed by atoms with E-state index in [0.29, 0.717) is 23.1 Å². The van der Waals surface area contributed by atoms with Crippen molar-refractivity contribution in [3.63, 3.8) is 0 Å². The van der Waals surface area contributed by atoms with Gasteiger partial charge in [0, 0.05) is 11.6 Å².